The fraction of sp³-hybridized carbons (Fsp3) is 0. The van der Waals surface area contributed by atoms with Crippen LogP contribution < -0.4 is 32.8 Å². The fourth-order valence-electron chi connectivity index (χ4n) is 20.5. The van der Waals surface area contributed by atoms with E-state index in [2.05, 4.69) is 179 Å². The summed E-state index contributed by atoms with van der Waals surface area (Å²) in [6.07, 6.45) is 0. The third kappa shape index (κ3) is 17.4. The largest absolute Gasteiger partial charge is 0.489 e. The van der Waals surface area contributed by atoms with Gasteiger partial charge >= 0.3 is 42.7 Å². The zero-order valence-electron chi connectivity index (χ0n) is 78.6. The summed E-state index contributed by atoms with van der Waals surface area (Å²) in [6, 6.07) is 141. The molecule has 0 atom stereocenters. The minimum absolute atomic E-state index is 0.436. The van der Waals surface area contributed by atoms with Crippen LogP contribution in [0.25, 0.3) is 234 Å². The first-order chi connectivity index (χ1) is 72.4. The third-order valence-corrected chi connectivity index (χ3v) is 32.1. The zero-order chi connectivity index (χ0) is 101. The van der Waals surface area contributed by atoms with Crippen LogP contribution in [-0.2, 0) is 0 Å². The van der Waals surface area contributed by atoms with Gasteiger partial charge in [0, 0.05) is 113 Å². The van der Waals surface area contributed by atoms with Crippen molar-refractivity contribution in [2.24, 2.45) is 0 Å². The van der Waals surface area contributed by atoms with Crippen LogP contribution in [0.15, 0.2) is 425 Å². The molecule has 28 heteroatoms. The van der Waals surface area contributed by atoms with Gasteiger partial charge in [0.1, 0.15) is 5.82 Å². The van der Waals surface area contributed by atoms with Gasteiger partial charge in [-0.2, -0.15) is 0 Å². The van der Waals surface area contributed by atoms with E-state index in [-0.39, 0.29) is 0 Å². The van der Waals surface area contributed by atoms with Gasteiger partial charge < -0.3 is 60.3 Å². The van der Waals surface area contributed by atoms with Crippen molar-refractivity contribution < 1.29 is 60.3 Å². The van der Waals surface area contributed by atoms with E-state index >= 15 is 0 Å². The van der Waals surface area contributed by atoms with Crippen LogP contribution >= 0.6 is 45.3 Å². The maximum absolute atomic E-state index is 10.1. The highest BCUT2D eigenvalue weighted by atomic mass is 32.1. The van der Waals surface area contributed by atoms with E-state index in [1.165, 1.54) is 71.3 Å². The van der Waals surface area contributed by atoms with Crippen molar-refractivity contribution in [3.05, 3.63) is 425 Å². The lowest BCUT2D eigenvalue weighted by molar-refractivity contribution is 0.424. The number of rotatable bonds is 10. The topological polar surface area (TPSA) is 304 Å². The van der Waals surface area contributed by atoms with E-state index < -0.39 is 42.7 Å². The summed E-state index contributed by atoms with van der Waals surface area (Å²) in [5.41, 5.74) is 11.4. The van der Waals surface area contributed by atoms with Crippen LogP contribution in [0.5, 0.6) is 0 Å². The Balaban J connectivity index is 0.000000100. The number of hydrogen-bond acceptors (Lipinski definition) is 20. The molecule has 706 valence electrons. The molecule has 18 nitrogen and oxygen atoms in total. The van der Waals surface area contributed by atoms with Crippen molar-refractivity contribution >= 4 is 321 Å². The second kappa shape index (κ2) is 39.7. The first-order valence-electron chi connectivity index (χ1n) is 48.0. The Morgan fingerprint density at radius 3 is 1.16 bits per heavy atom. The second-order valence-corrected chi connectivity index (χ2v) is 40.5. The average molecular weight is 1990 g/mol. The number of benzene rings is 21. The molecule has 0 aliphatic carbocycles. The number of aromatic nitrogens is 6. The van der Waals surface area contributed by atoms with Gasteiger partial charge in [0.25, 0.3) is 0 Å². The van der Waals surface area contributed by atoms with Crippen LogP contribution in [0.1, 0.15) is 0 Å². The standard InChI is InChI=1S/C38H24BN3O2.C30H20BN3O2.C16H11BO2S.3C12H9BO2S/c43-39(44)25-19-21-32-31(22-25)34-26-13-5-4-10-23(26)18-20-33(34)42(32)38-40-36(24-11-2-1-3-12-24)35-29-16-8-6-14-27(29)28-15-7-9-17-30(28)37(35)41-38;35-31(36)21-15-17-26-24(18-21)28-22-11-5-4-8-19(22)14-16-27(28)34(26)30-23-12-6-7-13-25(23)32-29(33-30)20-9-2-1-3-10-20;18-17(19)11-6-8-15-14(9-11)13-7-5-10-3-1-2-4-12(10)16(13)20-15;14-13(15)10-6-3-5-9-8-4-1-2-7-11(8)16-12(9)10;14-13(15)8-5-6-12-10(7-8)9-3-1-2-4-11(9)16-12;14-13(15)8-5-6-10-9-3-1-2-4-11(9)16-12(10)7-8/h1-22,43-44H;1-18,35-36H;1-9,18-19H;3*1-7,14-15H. The molecule has 29 aromatic rings. The first kappa shape index (κ1) is 94.3. The van der Waals surface area contributed by atoms with Crippen LogP contribution in [0.3, 0.4) is 0 Å². The molecule has 0 spiro atoms. The van der Waals surface area contributed by atoms with Crippen molar-refractivity contribution in [2.45, 2.75) is 0 Å². The number of fused-ring (bicyclic) bond motifs is 31. The third-order valence-electron chi connectivity index (χ3n) is 27.4. The molecule has 0 radical (unpaired) electrons. The van der Waals surface area contributed by atoms with Gasteiger partial charge in [0.15, 0.2) is 5.82 Å². The van der Waals surface area contributed by atoms with Gasteiger partial charge in [-0.1, -0.05) is 352 Å². The molecule has 29 rings (SSSR count). The summed E-state index contributed by atoms with van der Waals surface area (Å²) in [7, 11) is -8.74. The molecule has 12 N–H and O–H groups in total. The SMILES string of the molecule is OB(O)c1ccc2c(c1)c1c3ccccc3ccc1n2-c1nc(-c2ccccc2)c2c3ccccc3c3ccccc3c2n1.OB(O)c1ccc2c(c1)c1c3ccccc3ccc1n2-c1nc(-c2ccccc2)nc2ccccc12.OB(O)c1ccc2c(c1)sc1ccccc12.OB(O)c1ccc2sc3c4ccccc4ccc3c2c1.OB(O)c1ccc2sc3ccccc3c2c1.OB(O)c1cccc2c1sc1ccccc12. The molecule has 0 saturated carbocycles. The molecule has 0 unspecified atom stereocenters. The lowest BCUT2D eigenvalue weighted by Gasteiger charge is -2.16. The maximum Gasteiger partial charge on any atom is 0.489 e. The normalized spacial score (nSPS) is 11.5. The predicted molar refractivity (Wildman–Crippen MR) is 622 cm³/mol. The van der Waals surface area contributed by atoms with Gasteiger partial charge in [-0.25, -0.2) is 19.9 Å². The Morgan fingerprint density at radius 1 is 0.203 bits per heavy atom. The summed E-state index contributed by atoms with van der Waals surface area (Å²) < 4.78 is 13.5. The van der Waals surface area contributed by atoms with Gasteiger partial charge in [0.2, 0.25) is 5.95 Å². The molecule has 0 aliphatic heterocycles. The van der Waals surface area contributed by atoms with E-state index in [0.29, 0.717) is 44.5 Å². The monoisotopic (exact) mass is 1990 g/mol. The molecule has 0 bridgehead atoms. The summed E-state index contributed by atoms with van der Waals surface area (Å²) in [4.78, 5) is 20.7. The van der Waals surface area contributed by atoms with Gasteiger partial charge in [-0.3, -0.25) is 9.13 Å². The smallest absolute Gasteiger partial charge is 0.423 e. The molecule has 0 amide bonds. The second-order valence-electron chi connectivity index (χ2n) is 36.2. The summed E-state index contributed by atoms with van der Waals surface area (Å²) >= 11 is 6.73. The van der Waals surface area contributed by atoms with E-state index in [4.69, 9.17) is 40.0 Å². The Morgan fingerprint density at radius 2 is 0.574 bits per heavy atom. The summed E-state index contributed by atoms with van der Waals surface area (Å²) in [5.74, 6) is 2.00. The lowest BCUT2D eigenvalue weighted by atomic mass is 9.79. The molecule has 21 aromatic carbocycles. The highest BCUT2D eigenvalue weighted by Crippen LogP contribution is 2.46. The number of nitrogens with zero attached hydrogens (tertiary/aromatic N) is 6. The van der Waals surface area contributed by atoms with Crippen LogP contribution in [0.2, 0.25) is 0 Å². The Labute approximate surface area is 862 Å². The van der Waals surface area contributed by atoms with Crippen molar-refractivity contribution in [3.63, 3.8) is 0 Å². The van der Waals surface area contributed by atoms with E-state index in [0.717, 1.165) is 151 Å². The maximum atomic E-state index is 10.1. The van der Waals surface area contributed by atoms with E-state index in [1.807, 2.05) is 218 Å². The quantitative estimate of drug-likeness (QED) is 0.0447. The van der Waals surface area contributed by atoms with Gasteiger partial charge in [-0.05, 0) is 170 Å². The molecule has 0 saturated heterocycles. The molecule has 8 aromatic heterocycles. The number of para-hydroxylation sites is 1. The minimum atomic E-state index is -1.57. The van der Waals surface area contributed by atoms with Crippen LogP contribution in [-0.4, -0.2) is 132 Å². The Bertz CT molecular complexity index is 10200. The average Bonchev–Trinajstić information content (AvgIpc) is 1.38. The number of hydrogen-bond donors (Lipinski definition) is 12. The first-order valence-corrected chi connectivity index (χ1v) is 51.3. The van der Waals surface area contributed by atoms with Crippen molar-refractivity contribution in [3.8, 4) is 34.4 Å². The summed E-state index contributed by atoms with van der Waals surface area (Å²) in [5, 5.41) is 140. The van der Waals surface area contributed by atoms with E-state index in [1.54, 1.807) is 81.7 Å². The molecule has 8 heterocycles. The lowest BCUT2D eigenvalue weighted by Crippen LogP contribution is -2.29. The Hall–Kier alpha value is -16.0. The molecular weight excluding hydrogens is 1910 g/mol. The molecule has 0 fully saturated rings. The predicted octanol–water partition coefficient (Wildman–Crippen LogP) is 20.9. The van der Waals surface area contributed by atoms with Gasteiger partial charge in [0.05, 0.1) is 38.8 Å². The van der Waals surface area contributed by atoms with Crippen molar-refractivity contribution in [2.75, 3.05) is 0 Å². The minimum Gasteiger partial charge on any atom is -0.423 e. The van der Waals surface area contributed by atoms with Crippen molar-refractivity contribution in [1.82, 2.24) is 29.1 Å². The van der Waals surface area contributed by atoms with E-state index in [9.17, 15) is 40.2 Å². The van der Waals surface area contributed by atoms with Crippen LogP contribution in [0, 0.1) is 0 Å². The Kier molecular flexibility index (Phi) is 25.3. The van der Waals surface area contributed by atoms with Crippen molar-refractivity contribution in [1.29, 1.82) is 0 Å². The summed E-state index contributed by atoms with van der Waals surface area (Å²) in [6.45, 7) is 0. The number of thiophene rings is 4. The zero-order valence-corrected chi connectivity index (χ0v) is 81.8. The highest BCUT2D eigenvalue weighted by molar-refractivity contribution is 7.28. The fourth-order valence-corrected chi connectivity index (χ4v) is 25.1. The molecule has 148 heavy (non-hydrogen) atoms. The molecular formula is C120H82B6N6O12S4. The van der Waals surface area contributed by atoms with Crippen LogP contribution in [0.4, 0.5) is 0 Å². The molecule has 0 aliphatic rings. The van der Waals surface area contributed by atoms with Gasteiger partial charge in [-0.15, -0.1) is 45.3 Å². The highest BCUT2D eigenvalue weighted by Gasteiger charge is 2.28.